The van der Waals surface area contributed by atoms with Gasteiger partial charge >= 0.3 is 5.97 Å². The Morgan fingerprint density at radius 2 is 1.88 bits per heavy atom. The molecule has 3 unspecified atom stereocenters. The Morgan fingerprint density at radius 1 is 1.17 bits per heavy atom. The van der Waals surface area contributed by atoms with Crippen molar-refractivity contribution < 1.29 is 39.3 Å². The molecule has 12 heteroatoms. The third kappa shape index (κ3) is 5.54. The van der Waals surface area contributed by atoms with E-state index in [4.69, 9.17) is 4.74 Å². The Labute approximate surface area is 245 Å². The van der Waals surface area contributed by atoms with Gasteiger partial charge in [-0.05, 0) is 62.5 Å². The van der Waals surface area contributed by atoms with Crippen LogP contribution in [0, 0.1) is 38.7 Å². The lowest BCUT2D eigenvalue weighted by molar-refractivity contribution is -0.757. The molecule has 4 fully saturated rings. The predicted octanol–water partition coefficient (Wildman–Crippen LogP) is 1.32. The molecular weight excluding hydrogens is 546 g/mol. The number of piperazine rings is 1. The fraction of sp³-hybridized carbons (Fsp3) is 0.767. The van der Waals surface area contributed by atoms with Crippen molar-refractivity contribution in [3.05, 3.63) is 33.9 Å². The van der Waals surface area contributed by atoms with Crippen LogP contribution in [0.25, 0.3) is 0 Å². The minimum absolute atomic E-state index is 0.0216. The van der Waals surface area contributed by atoms with Gasteiger partial charge in [-0.3, -0.25) is 19.3 Å². The van der Waals surface area contributed by atoms with E-state index in [1.807, 2.05) is 17.9 Å². The molecule has 4 aliphatic carbocycles. The highest BCUT2D eigenvalue weighted by atomic mass is 16.9. The molecule has 12 nitrogen and oxygen atoms in total. The Kier molecular flexibility index (Phi) is 8.63. The van der Waals surface area contributed by atoms with Crippen LogP contribution in [0.5, 0.6) is 0 Å². The first-order chi connectivity index (χ1) is 19.9. The standard InChI is InChI=1S/C30H43N3O9/c1-28-8-6-21(34)16-20(28)4-5-22-23-7-9-30(38,29(23,2)17-24(35)27(22)28)25(36)19-41-26(37)18-32-13-11-31(12-14-32)10-3-15-42-33(39)40/h6,8,16,22-24,27,35,38H,3-5,7,9-15,17-19H2,1-2H3/t22?,23?,24-,27?,28-,29-,30-/m0/s1. The summed E-state index contributed by atoms with van der Waals surface area (Å²) >= 11 is 0. The monoisotopic (exact) mass is 589 g/mol. The third-order valence-electron chi connectivity index (χ3n) is 11.1. The molecule has 0 bridgehead atoms. The van der Waals surface area contributed by atoms with Crippen molar-refractivity contribution in [3.8, 4) is 0 Å². The van der Waals surface area contributed by atoms with Gasteiger partial charge < -0.3 is 24.7 Å². The zero-order chi connectivity index (χ0) is 30.3. The molecule has 232 valence electrons. The highest BCUT2D eigenvalue weighted by Gasteiger charge is 2.68. The maximum Gasteiger partial charge on any atom is 0.320 e. The molecule has 3 saturated carbocycles. The van der Waals surface area contributed by atoms with Crippen LogP contribution in [0.2, 0.25) is 0 Å². The quantitative estimate of drug-likeness (QED) is 0.164. The van der Waals surface area contributed by atoms with E-state index < -0.39 is 46.0 Å². The zero-order valence-electron chi connectivity index (χ0n) is 24.5. The van der Waals surface area contributed by atoms with Gasteiger partial charge in [0.2, 0.25) is 5.78 Å². The highest BCUT2D eigenvalue weighted by molar-refractivity contribution is 6.01. The molecule has 1 heterocycles. The lowest BCUT2D eigenvalue weighted by atomic mass is 9.46. The second-order valence-corrected chi connectivity index (χ2v) is 13.2. The largest absolute Gasteiger partial charge is 0.457 e. The minimum atomic E-state index is -1.69. The number of nitrogens with zero attached hydrogens (tertiary/aromatic N) is 3. The smallest absolute Gasteiger partial charge is 0.320 e. The van der Waals surface area contributed by atoms with Crippen LogP contribution in [0.15, 0.2) is 23.8 Å². The van der Waals surface area contributed by atoms with E-state index in [1.165, 1.54) is 0 Å². The molecule has 42 heavy (non-hydrogen) atoms. The van der Waals surface area contributed by atoms with Crippen molar-refractivity contribution in [2.24, 2.45) is 28.6 Å². The summed E-state index contributed by atoms with van der Waals surface area (Å²) in [4.78, 5) is 56.8. The number of aliphatic hydroxyl groups excluding tert-OH is 1. The van der Waals surface area contributed by atoms with Crippen LogP contribution in [-0.2, 0) is 24.0 Å². The van der Waals surface area contributed by atoms with Gasteiger partial charge in [-0.15, -0.1) is 10.1 Å². The number of hydrogen-bond donors (Lipinski definition) is 2. The van der Waals surface area contributed by atoms with Crippen LogP contribution in [-0.4, -0.2) is 107 Å². The molecule has 0 aromatic rings. The number of ether oxygens (including phenoxy) is 1. The second kappa shape index (κ2) is 11.8. The molecule has 0 aromatic heterocycles. The molecule has 0 aromatic carbocycles. The molecule has 7 atom stereocenters. The Balaban J connectivity index is 1.14. The van der Waals surface area contributed by atoms with Crippen LogP contribution in [0.3, 0.4) is 0 Å². The fourth-order valence-corrected chi connectivity index (χ4v) is 8.88. The van der Waals surface area contributed by atoms with Crippen LogP contribution in [0.4, 0.5) is 0 Å². The Morgan fingerprint density at radius 3 is 2.60 bits per heavy atom. The second-order valence-electron chi connectivity index (χ2n) is 13.2. The third-order valence-corrected chi connectivity index (χ3v) is 11.1. The molecular formula is C30H43N3O9. The van der Waals surface area contributed by atoms with E-state index >= 15 is 0 Å². The summed E-state index contributed by atoms with van der Waals surface area (Å²) in [5, 5.41) is 32.8. The first-order valence-electron chi connectivity index (χ1n) is 15.1. The van der Waals surface area contributed by atoms with E-state index in [1.54, 1.807) is 12.2 Å². The molecule has 1 aliphatic heterocycles. The first kappa shape index (κ1) is 30.8. The summed E-state index contributed by atoms with van der Waals surface area (Å²) in [5.41, 5.74) is -1.90. The number of carbonyl (C=O) groups excluding carboxylic acids is 3. The number of esters is 1. The van der Waals surface area contributed by atoms with E-state index in [9.17, 15) is 34.7 Å². The van der Waals surface area contributed by atoms with Gasteiger partial charge in [-0.25, -0.2) is 0 Å². The van der Waals surface area contributed by atoms with Crippen LogP contribution < -0.4 is 0 Å². The summed E-state index contributed by atoms with van der Waals surface area (Å²) in [6.45, 7) is 6.91. The van der Waals surface area contributed by atoms with Crippen LogP contribution >= 0.6 is 0 Å². The van der Waals surface area contributed by atoms with Crippen molar-refractivity contribution in [2.45, 2.75) is 64.1 Å². The average Bonchev–Trinajstić information content (AvgIpc) is 3.21. The lowest BCUT2D eigenvalue weighted by Gasteiger charge is -2.59. The summed E-state index contributed by atoms with van der Waals surface area (Å²) < 4.78 is 5.37. The minimum Gasteiger partial charge on any atom is -0.457 e. The highest BCUT2D eigenvalue weighted by Crippen LogP contribution is 2.67. The summed E-state index contributed by atoms with van der Waals surface area (Å²) in [7, 11) is 0. The van der Waals surface area contributed by atoms with Crippen molar-refractivity contribution in [3.63, 3.8) is 0 Å². The van der Waals surface area contributed by atoms with E-state index in [-0.39, 0.29) is 49.5 Å². The number of aliphatic hydroxyl groups is 2. The number of fused-ring (bicyclic) bond motifs is 5. The molecule has 1 saturated heterocycles. The van der Waals surface area contributed by atoms with Crippen molar-refractivity contribution in [2.75, 3.05) is 52.5 Å². The number of Topliss-reactive ketones (excluding diaryl/α,β-unsaturated/α-hetero) is 1. The molecule has 2 N–H and O–H groups in total. The number of rotatable bonds is 10. The topological polar surface area (TPSA) is 160 Å². The van der Waals surface area contributed by atoms with Gasteiger partial charge in [0.15, 0.2) is 12.4 Å². The normalized spacial score (nSPS) is 38.2. The SMILES string of the molecule is C[C@]12C=CC(=O)C=C1CCC1C2[C@@H](O)C[C@@]2(C)C1CC[C@]2(O)C(=O)COC(=O)CN1CCN(CCCO[N+](=O)[O-])CC1. The number of allylic oxidation sites excluding steroid dienone is 4. The first-order valence-corrected chi connectivity index (χ1v) is 15.1. The van der Waals surface area contributed by atoms with E-state index in [2.05, 4.69) is 16.7 Å². The maximum absolute atomic E-state index is 13.5. The van der Waals surface area contributed by atoms with Crippen molar-refractivity contribution >= 4 is 17.5 Å². The summed E-state index contributed by atoms with van der Waals surface area (Å²) in [6.07, 6.45) is 7.76. The molecule has 5 aliphatic rings. The molecule has 5 rings (SSSR count). The van der Waals surface area contributed by atoms with E-state index in [0.29, 0.717) is 45.6 Å². The fourth-order valence-electron chi connectivity index (χ4n) is 8.88. The molecule has 0 spiro atoms. The molecule has 0 radical (unpaired) electrons. The zero-order valence-corrected chi connectivity index (χ0v) is 24.5. The van der Waals surface area contributed by atoms with Crippen LogP contribution in [0.1, 0.15) is 52.4 Å². The summed E-state index contributed by atoms with van der Waals surface area (Å²) in [6, 6.07) is 0. The van der Waals surface area contributed by atoms with Gasteiger partial charge in [0.25, 0.3) is 5.09 Å². The lowest BCUT2D eigenvalue weighted by Crippen LogP contribution is -2.61. The Hall–Kier alpha value is -2.67. The number of carbonyl (C=O) groups is 3. The van der Waals surface area contributed by atoms with Gasteiger partial charge in [0, 0.05) is 49.5 Å². The van der Waals surface area contributed by atoms with Gasteiger partial charge in [0.05, 0.1) is 19.3 Å². The predicted molar refractivity (Wildman–Crippen MR) is 149 cm³/mol. The van der Waals surface area contributed by atoms with Crippen molar-refractivity contribution in [1.29, 1.82) is 0 Å². The van der Waals surface area contributed by atoms with Gasteiger partial charge in [0.1, 0.15) is 5.60 Å². The number of ketones is 2. The van der Waals surface area contributed by atoms with Gasteiger partial charge in [-0.1, -0.05) is 25.5 Å². The van der Waals surface area contributed by atoms with Crippen molar-refractivity contribution in [1.82, 2.24) is 9.80 Å². The summed E-state index contributed by atoms with van der Waals surface area (Å²) in [5.74, 6) is -1.03. The average molecular weight is 590 g/mol. The molecule has 0 amide bonds. The van der Waals surface area contributed by atoms with E-state index in [0.717, 1.165) is 18.4 Å². The van der Waals surface area contributed by atoms with Gasteiger partial charge in [-0.2, -0.15) is 0 Å². The number of hydrogen-bond acceptors (Lipinski definition) is 11. The maximum atomic E-state index is 13.5. The Bertz CT molecular complexity index is 1160.